The summed E-state index contributed by atoms with van der Waals surface area (Å²) >= 11 is 0. The van der Waals surface area contributed by atoms with Gasteiger partial charge in [-0.25, -0.2) is 4.57 Å². The summed E-state index contributed by atoms with van der Waals surface area (Å²) < 4.78 is 26.2. The van der Waals surface area contributed by atoms with E-state index < -0.39 is 38.6 Å². The maximum absolute atomic E-state index is 12.4. The lowest BCUT2D eigenvalue weighted by Crippen LogP contribution is -2.29. The maximum atomic E-state index is 12.4. The second kappa shape index (κ2) is 35.0. The van der Waals surface area contributed by atoms with Gasteiger partial charge in [0.25, 0.3) is 0 Å². The number of aliphatic hydroxyl groups is 1. The van der Waals surface area contributed by atoms with E-state index >= 15 is 0 Å². The third kappa shape index (κ3) is 39.0. The molecule has 3 N–H and O–H groups in total. The van der Waals surface area contributed by atoms with Crippen LogP contribution < -0.4 is 0 Å². The fourth-order valence-electron chi connectivity index (χ4n) is 5.37. The summed E-state index contributed by atoms with van der Waals surface area (Å²) in [5.41, 5.74) is 0. The lowest BCUT2D eigenvalue weighted by molar-refractivity contribution is -0.161. The first kappa shape index (κ1) is 49.0. The van der Waals surface area contributed by atoms with Crippen LogP contribution >= 0.6 is 7.82 Å². The first-order valence-electron chi connectivity index (χ1n) is 19.9. The van der Waals surface area contributed by atoms with E-state index in [9.17, 15) is 19.3 Å². The molecule has 0 heterocycles. The van der Waals surface area contributed by atoms with Crippen molar-refractivity contribution in [2.24, 2.45) is 5.92 Å². The van der Waals surface area contributed by atoms with Crippen molar-refractivity contribution in [3.8, 4) is 0 Å². The van der Waals surface area contributed by atoms with Crippen molar-refractivity contribution >= 4 is 19.8 Å². The lowest BCUT2D eigenvalue weighted by Gasteiger charge is -2.18. The van der Waals surface area contributed by atoms with E-state index in [-0.39, 0.29) is 19.4 Å². The molecular weight excluding hydrogens is 667 g/mol. The predicted octanol–water partition coefficient (Wildman–Crippen LogP) is 10.8. The van der Waals surface area contributed by atoms with Gasteiger partial charge in [-0.05, 0) is 50.9 Å². The van der Waals surface area contributed by atoms with E-state index in [1.54, 1.807) is 12.2 Å². The van der Waals surface area contributed by atoms with E-state index in [4.69, 9.17) is 19.3 Å². The molecule has 0 saturated carbocycles. The van der Waals surface area contributed by atoms with E-state index in [1.807, 2.05) is 12.2 Å². The molecule has 0 bridgehead atoms. The Balaban J connectivity index is 4.15. The Hall–Kier alpha value is -2.03. The highest BCUT2D eigenvalue weighted by atomic mass is 31.2. The van der Waals surface area contributed by atoms with Crippen LogP contribution in [0.3, 0.4) is 0 Å². The molecule has 0 aliphatic heterocycles. The molecule has 0 aromatic heterocycles. The summed E-state index contributed by atoms with van der Waals surface area (Å²) in [6.45, 7) is 5.81. The number of allylic oxidation sites excluding steroid dienone is 7. The minimum Gasteiger partial charge on any atom is -0.462 e. The molecule has 0 aromatic rings. The Kier molecular flexibility index (Phi) is 33.6. The molecule has 10 heteroatoms. The number of rotatable bonds is 35. The van der Waals surface area contributed by atoms with Gasteiger partial charge in [-0.2, -0.15) is 0 Å². The van der Waals surface area contributed by atoms with Gasteiger partial charge in [-0.3, -0.25) is 14.1 Å². The second-order valence-corrected chi connectivity index (χ2v) is 15.2. The van der Waals surface area contributed by atoms with Crippen molar-refractivity contribution in [2.75, 3.05) is 13.2 Å². The summed E-state index contributed by atoms with van der Waals surface area (Å²) in [6.07, 6.45) is 37.2. The van der Waals surface area contributed by atoms with Crippen LogP contribution in [0.1, 0.15) is 168 Å². The molecular formula is C41H73O9P. The van der Waals surface area contributed by atoms with Gasteiger partial charge in [0.05, 0.1) is 12.7 Å². The van der Waals surface area contributed by atoms with Crippen LogP contribution in [0.4, 0.5) is 0 Å². The lowest BCUT2D eigenvalue weighted by atomic mass is 10.0. The molecule has 0 rings (SSSR count). The Bertz CT molecular complexity index is 999. The van der Waals surface area contributed by atoms with Crippen LogP contribution in [0.2, 0.25) is 0 Å². The average molecular weight is 741 g/mol. The van der Waals surface area contributed by atoms with Gasteiger partial charge in [0.2, 0.25) is 0 Å². The average Bonchev–Trinajstić information content (AvgIpc) is 3.07. The SMILES string of the molecule is CCCCC/C=C\C/C=C\C/C=C\C=C\[C@H](O)CCCC(=O)O[C@H](COC(=O)CCCCCCCCCCCCCCC(C)C)COP(=O)(O)O. The van der Waals surface area contributed by atoms with Crippen LogP contribution in [0.15, 0.2) is 48.6 Å². The number of phosphoric ester groups is 1. The Morgan fingerprint density at radius 3 is 1.82 bits per heavy atom. The van der Waals surface area contributed by atoms with E-state index in [1.165, 1.54) is 77.0 Å². The number of hydrogen-bond acceptors (Lipinski definition) is 7. The molecule has 0 amide bonds. The van der Waals surface area contributed by atoms with Gasteiger partial charge in [-0.15, -0.1) is 0 Å². The molecule has 2 atom stereocenters. The number of carbonyl (C=O) groups excluding carboxylic acids is 2. The van der Waals surface area contributed by atoms with Crippen LogP contribution in [-0.2, 0) is 28.2 Å². The normalized spacial score (nSPS) is 13.7. The third-order valence-electron chi connectivity index (χ3n) is 8.38. The summed E-state index contributed by atoms with van der Waals surface area (Å²) in [6, 6.07) is 0. The monoisotopic (exact) mass is 740 g/mol. The third-order valence-corrected chi connectivity index (χ3v) is 8.87. The fraction of sp³-hybridized carbons (Fsp3) is 0.756. The van der Waals surface area contributed by atoms with Crippen LogP contribution in [0, 0.1) is 5.92 Å². The fourth-order valence-corrected chi connectivity index (χ4v) is 5.73. The van der Waals surface area contributed by atoms with E-state index in [0.717, 1.165) is 44.4 Å². The van der Waals surface area contributed by atoms with E-state index in [0.29, 0.717) is 19.3 Å². The molecule has 0 aliphatic rings. The molecule has 51 heavy (non-hydrogen) atoms. The molecule has 0 radical (unpaired) electrons. The highest BCUT2D eigenvalue weighted by Gasteiger charge is 2.23. The highest BCUT2D eigenvalue weighted by Crippen LogP contribution is 2.36. The van der Waals surface area contributed by atoms with Crippen molar-refractivity contribution in [1.29, 1.82) is 0 Å². The Morgan fingerprint density at radius 2 is 1.22 bits per heavy atom. The summed E-state index contributed by atoms with van der Waals surface area (Å²) in [5, 5.41) is 10.2. The van der Waals surface area contributed by atoms with Gasteiger partial charge in [0, 0.05) is 12.8 Å². The zero-order chi connectivity index (χ0) is 37.8. The number of unbranched alkanes of at least 4 members (excludes halogenated alkanes) is 14. The quantitative estimate of drug-likeness (QED) is 0.0190. The zero-order valence-corrected chi connectivity index (χ0v) is 33.2. The minimum absolute atomic E-state index is 0.0165. The van der Waals surface area contributed by atoms with Gasteiger partial charge in [0.1, 0.15) is 6.61 Å². The predicted molar refractivity (Wildman–Crippen MR) is 208 cm³/mol. The van der Waals surface area contributed by atoms with E-state index in [2.05, 4.69) is 49.6 Å². The molecule has 0 aliphatic carbocycles. The summed E-state index contributed by atoms with van der Waals surface area (Å²) in [5.74, 6) is -0.278. The van der Waals surface area contributed by atoms with Gasteiger partial charge < -0.3 is 24.4 Å². The summed E-state index contributed by atoms with van der Waals surface area (Å²) in [7, 11) is -4.81. The number of ether oxygens (including phenoxy) is 2. The topological polar surface area (TPSA) is 140 Å². The minimum atomic E-state index is -4.81. The number of phosphoric acid groups is 1. The van der Waals surface area contributed by atoms with Crippen molar-refractivity contribution in [2.45, 2.75) is 181 Å². The van der Waals surface area contributed by atoms with Crippen LogP contribution in [0.5, 0.6) is 0 Å². The number of aliphatic hydroxyl groups excluding tert-OH is 1. The number of carbonyl (C=O) groups is 2. The molecule has 296 valence electrons. The Labute approximate surface area is 310 Å². The van der Waals surface area contributed by atoms with Crippen LogP contribution in [-0.4, -0.2) is 52.3 Å². The molecule has 0 saturated heterocycles. The number of hydrogen-bond donors (Lipinski definition) is 3. The molecule has 0 fully saturated rings. The first-order valence-corrected chi connectivity index (χ1v) is 21.4. The standard InChI is InChI=1S/C41H73O9P/c1-4-5-6-7-8-9-10-11-15-18-21-24-27-31-38(42)32-29-34-41(44)50-39(36-49-51(45,46)47)35-48-40(43)33-28-25-22-19-16-13-12-14-17-20-23-26-30-37(2)3/h8-9,11,15,21,24,27,31,37-39,42H,4-7,10,12-14,16-20,22-23,25-26,28-30,32-36H2,1-3H3,(H2,45,46,47)/b9-8-,15-11-,24-21-,31-27+/t38-,39+/m0/s1. The van der Waals surface area contributed by atoms with Gasteiger partial charge >= 0.3 is 19.8 Å². The van der Waals surface area contributed by atoms with Crippen molar-refractivity contribution in [3.05, 3.63) is 48.6 Å². The van der Waals surface area contributed by atoms with Gasteiger partial charge in [0.15, 0.2) is 6.10 Å². The number of esters is 2. The summed E-state index contributed by atoms with van der Waals surface area (Å²) in [4.78, 5) is 42.8. The molecule has 0 spiro atoms. The van der Waals surface area contributed by atoms with Crippen molar-refractivity contribution in [1.82, 2.24) is 0 Å². The second-order valence-electron chi connectivity index (χ2n) is 13.9. The van der Waals surface area contributed by atoms with Crippen molar-refractivity contribution < 1.29 is 43.0 Å². The first-order chi connectivity index (χ1) is 24.5. The Morgan fingerprint density at radius 1 is 0.647 bits per heavy atom. The van der Waals surface area contributed by atoms with Crippen molar-refractivity contribution in [3.63, 3.8) is 0 Å². The zero-order valence-electron chi connectivity index (χ0n) is 32.3. The maximum Gasteiger partial charge on any atom is 0.469 e. The van der Waals surface area contributed by atoms with Gasteiger partial charge in [-0.1, -0.05) is 159 Å². The highest BCUT2D eigenvalue weighted by molar-refractivity contribution is 7.46. The van der Waals surface area contributed by atoms with Crippen LogP contribution in [0.25, 0.3) is 0 Å². The molecule has 0 aromatic carbocycles. The molecule has 9 nitrogen and oxygen atoms in total. The largest absolute Gasteiger partial charge is 0.469 e. The molecule has 0 unspecified atom stereocenters. The smallest absolute Gasteiger partial charge is 0.462 e.